The Labute approximate surface area is 115 Å². The van der Waals surface area contributed by atoms with Crippen LogP contribution < -0.4 is 10.5 Å². The molecule has 7 heteroatoms. The van der Waals surface area contributed by atoms with Crippen LogP contribution in [0.2, 0.25) is 0 Å². The van der Waals surface area contributed by atoms with Gasteiger partial charge in [-0.05, 0) is 31.2 Å². The maximum Gasteiger partial charge on any atom is 0.264 e. The summed E-state index contributed by atoms with van der Waals surface area (Å²) in [6.45, 7) is 1.43. The Hall–Kier alpha value is -2.15. The van der Waals surface area contributed by atoms with Crippen LogP contribution in [0.5, 0.6) is 0 Å². The Kier molecular flexibility index (Phi) is 3.63. The number of halogens is 2. The first-order valence-electron chi connectivity index (χ1n) is 5.65. The molecule has 0 amide bonds. The fourth-order valence-electron chi connectivity index (χ4n) is 1.67. The summed E-state index contributed by atoms with van der Waals surface area (Å²) in [5.41, 5.74) is 5.17. The van der Waals surface area contributed by atoms with E-state index in [1.54, 1.807) is 0 Å². The average Bonchev–Trinajstić information content (AvgIpc) is 2.38. The molecule has 0 fully saturated rings. The van der Waals surface area contributed by atoms with Gasteiger partial charge in [-0.15, -0.1) is 0 Å². The van der Waals surface area contributed by atoms with E-state index in [0.29, 0.717) is 0 Å². The number of benzene rings is 2. The molecule has 2 aromatic rings. The number of nitrogen functional groups attached to an aromatic ring is 1. The maximum absolute atomic E-state index is 13.4. The Balaban J connectivity index is 2.47. The molecule has 2 rings (SSSR count). The lowest BCUT2D eigenvalue weighted by Crippen LogP contribution is -2.16. The monoisotopic (exact) mass is 298 g/mol. The van der Waals surface area contributed by atoms with Crippen LogP contribution in [0.3, 0.4) is 0 Å². The number of nitrogens with two attached hydrogens (primary N) is 1. The molecule has 0 aliphatic rings. The number of hydrogen-bond acceptors (Lipinski definition) is 3. The Morgan fingerprint density at radius 3 is 2.35 bits per heavy atom. The highest BCUT2D eigenvalue weighted by Crippen LogP contribution is 2.25. The fraction of sp³-hybridized carbons (Fsp3) is 0.0769. The first-order chi connectivity index (χ1) is 9.33. The minimum Gasteiger partial charge on any atom is -0.395 e. The summed E-state index contributed by atoms with van der Waals surface area (Å²) in [4.78, 5) is -0.388. The summed E-state index contributed by atoms with van der Waals surface area (Å²) in [5.74, 6) is -1.37. The van der Waals surface area contributed by atoms with Crippen LogP contribution in [0.1, 0.15) is 5.56 Å². The molecule has 0 aliphatic carbocycles. The first kappa shape index (κ1) is 14.3. The Morgan fingerprint density at radius 2 is 1.65 bits per heavy atom. The summed E-state index contributed by atoms with van der Waals surface area (Å²) >= 11 is 0. The van der Waals surface area contributed by atoms with Gasteiger partial charge in [0, 0.05) is 5.56 Å². The molecule has 20 heavy (non-hydrogen) atoms. The normalized spacial score (nSPS) is 11.3. The van der Waals surface area contributed by atoms with Gasteiger partial charge in [0.05, 0.1) is 11.4 Å². The second-order valence-electron chi connectivity index (χ2n) is 4.17. The van der Waals surface area contributed by atoms with E-state index in [1.807, 2.05) is 0 Å². The van der Waals surface area contributed by atoms with Gasteiger partial charge < -0.3 is 5.73 Å². The zero-order valence-corrected chi connectivity index (χ0v) is 11.3. The van der Waals surface area contributed by atoms with E-state index in [0.717, 1.165) is 6.07 Å². The molecular formula is C13H12F2N2O2S. The van der Waals surface area contributed by atoms with E-state index in [1.165, 1.54) is 37.3 Å². The summed E-state index contributed by atoms with van der Waals surface area (Å²) in [6.07, 6.45) is 0. The minimum absolute atomic E-state index is 0.0775. The van der Waals surface area contributed by atoms with Gasteiger partial charge in [0.25, 0.3) is 10.0 Å². The summed E-state index contributed by atoms with van der Waals surface area (Å²) < 4.78 is 53.2. The van der Waals surface area contributed by atoms with E-state index in [-0.39, 0.29) is 16.1 Å². The highest BCUT2D eigenvalue weighted by molar-refractivity contribution is 7.92. The second kappa shape index (κ2) is 5.09. The molecule has 2 aromatic carbocycles. The van der Waals surface area contributed by atoms with E-state index in [4.69, 9.17) is 5.73 Å². The molecule has 0 spiro atoms. The van der Waals surface area contributed by atoms with Gasteiger partial charge in [-0.1, -0.05) is 12.1 Å². The predicted octanol–water partition coefficient (Wildman–Crippen LogP) is 2.66. The molecule has 3 N–H and O–H groups in total. The molecule has 0 bridgehead atoms. The van der Waals surface area contributed by atoms with Crippen molar-refractivity contribution < 1.29 is 17.2 Å². The van der Waals surface area contributed by atoms with Crippen molar-refractivity contribution in [1.29, 1.82) is 0 Å². The third-order valence-electron chi connectivity index (χ3n) is 2.81. The molecule has 0 saturated heterocycles. The van der Waals surface area contributed by atoms with Crippen molar-refractivity contribution in [1.82, 2.24) is 0 Å². The minimum atomic E-state index is -4.09. The van der Waals surface area contributed by atoms with Crippen molar-refractivity contribution in [2.45, 2.75) is 11.8 Å². The highest BCUT2D eigenvalue weighted by Gasteiger charge is 2.20. The number of anilines is 2. The molecule has 0 heterocycles. The van der Waals surface area contributed by atoms with Crippen molar-refractivity contribution in [2.24, 2.45) is 0 Å². The predicted molar refractivity (Wildman–Crippen MR) is 72.8 cm³/mol. The van der Waals surface area contributed by atoms with Crippen molar-refractivity contribution >= 4 is 21.4 Å². The maximum atomic E-state index is 13.4. The number of sulfonamides is 1. The van der Waals surface area contributed by atoms with Gasteiger partial charge in [0.1, 0.15) is 16.5 Å². The van der Waals surface area contributed by atoms with Gasteiger partial charge in [0.2, 0.25) is 0 Å². The van der Waals surface area contributed by atoms with E-state index in [2.05, 4.69) is 4.72 Å². The van der Waals surface area contributed by atoms with Gasteiger partial charge >= 0.3 is 0 Å². The van der Waals surface area contributed by atoms with Gasteiger partial charge in [-0.3, -0.25) is 4.72 Å². The van der Waals surface area contributed by atoms with Crippen LogP contribution in [0.4, 0.5) is 20.2 Å². The molecule has 0 radical (unpaired) electrons. The summed E-state index contributed by atoms with van der Waals surface area (Å²) in [6, 6.07) is 7.46. The lowest BCUT2D eigenvalue weighted by molar-refractivity contribution is 0.597. The number of hydrogen-bond donors (Lipinski definition) is 2. The molecule has 4 nitrogen and oxygen atoms in total. The van der Waals surface area contributed by atoms with E-state index >= 15 is 0 Å². The quantitative estimate of drug-likeness (QED) is 0.856. The second-order valence-corrected chi connectivity index (χ2v) is 5.82. The number of rotatable bonds is 3. The van der Waals surface area contributed by atoms with Crippen molar-refractivity contribution in [3.63, 3.8) is 0 Å². The van der Waals surface area contributed by atoms with Crippen LogP contribution in [0.15, 0.2) is 41.3 Å². The molecule has 0 saturated carbocycles. The van der Waals surface area contributed by atoms with Crippen LogP contribution >= 0.6 is 0 Å². The van der Waals surface area contributed by atoms with E-state index in [9.17, 15) is 17.2 Å². The van der Waals surface area contributed by atoms with Crippen molar-refractivity contribution in [2.75, 3.05) is 10.5 Å². The number of para-hydroxylation sites is 1. The smallest absolute Gasteiger partial charge is 0.264 e. The van der Waals surface area contributed by atoms with Crippen LogP contribution in [-0.4, -0.2) is 8.42 Å². The standard InChI is InChI=1S/C13H12F2N2O2S/c1-8-9(14)4-2-6-11(8)17-20(18,19)12-7-3-5-10(15)13(12)16/h2-7,17H,16H2,1H3. The van der Waals surface area contributed by atoms with Crippen molar-refractivity contribution in [3.05, 3.63) is 53.6 Å². The average molecular weight is 298 g/mol. The topological polar surface area (TPSA) is 72.2 Å². The molecule has 0 unspecified atom stereocenters. The largest absolute Gasteiger partial charge is 0.395 e. The molecule has 0 aliphatic heterocycles. The lowest BCUT2D eigenvalue weighted by Gasteiger charge is -2.12. The molecule has 0 atom stereocenters. The van der Waals surface area contributed by atoms with Gasteiger partial charge in [0.15, 0.2) is 0 Å². The van der Waals surface area contributed by atoms with Crippen LogP contribution in [0, 0.1) is 18.6 Å². The summed E-state index contributed by atoms with van der Waals surface area (Å²) in [5, 5.41) is 0. The third-order valence-corrected chi connectivity index (χ3v) is 4.24. The van der Waals surface area contributed by atoms with Crippen LogP contribution in [-0.2, 0) is 10.0 Å². The fourth-order valence-corrected chi connectivity index (χ4v) is 2.93. The lowest BCUT2D eigenvalue weighted by atomic mass is 10.2. The molecule has 106 valence electrons. The van der Waals surface area contributed by atoms with Gasteiger partial charge in [-0.2, -0.15) is 0 Å². The third kappa shape index (κ3) is 2.57. The Bertz CT molecular complexity index is 761. The SMILES string of the molecule is Cc1c(F)cccc1NS(=O)(=O)c1cccc(F)c1N. The zero-order chi connectivity index (χ0) is 14.9. The van der Waals surface area contributed by atoms with Crippen molar-refractivity contribution in [3.8, 4) is 0 Å². The Morgan fingerprint density at radius 1 is 1.05 bits per heavy atom. The highest BCUT2D eigenvalue weighted by atomic mass is 32.2. The van der Waals surface area contributed by atoms with Gasteiger partial charge in [-0.25, -0.2) is 17.2 Å². The zero-order valence-electron chi connectivity index (χ0n) is 10.5. The molecular weight excluding hydrogens is 286 g/mol. The van der Waals surface area contributed by atoms with E-state index < -0.39 is 27.3 Å². The summed E-state index contributed by atoms with van der Waals surface area (Å²) in [7, 11) is -4.09. The first-order valence-corrected chi connectivity index (χ1v) is 7.13. The molecule has 0 aromatic heterocycles. The van der Waals surface area contributed by atoms with Crippen LogP contribution in [0.25, 0.3) is 0 Å². The number of nitrogens with one attached hydrogen (secondary N) is 1.